The number of hydrogen-bond donors (Lipinski definition) is 0. The van der Waals surface area contributed by atoms with Gasteiger partial charge in [-0.2, -0.15) is 0 Å². The molecule has 0 aliphatic carbocycles. The van der Waals surface area contributed by atoms with E-state index in [0.717, 1.165) is 28.7 Å². The Balaban J connectivity index is 1.57. The summed E-state index contributed by atoms with van der Waals surface area (Å²) in [4.78, 5) is 32.9. The summed E-state index contributed by atoms with van der Waals surface area (Å²) in [6, 6.07) is 25.4. The van der Waals surface area contributed by atoms with Crippen LogP contribution in [0, 0.1) is 6.92 Å². The lowest BCUT2D eigenvalue weighted by Gasteiger charge is -2.26. The molecule has 6 rings (SSSR count). The van der Waals surface area contributed by atoms with E-state index in [0.29, 0.717) is 38.5 Å². The predicted molar refractivity (Wildman–Crippen MR) is 170 cm³/mol. The maximum Gasteiger partial charge on any atom is 0.338 e. The maximum atomic E-state index is 14.3. The minimum Gasteiger partial charge on any atom is -0.494 e. The molecule has 2 aromatic heterocycles. The Labute approximate surface area is 253 Å². The van der Waals surface area contributed by atoms with E-state index in [-0.39, 0.29) is 12.2 Å². The summed E-state index contributed by atoms with van der Waals surface area (Å²) in [6.45, 7) is 8.94. The molecular weight excluding hydrogens is 558 g/mol. The molecule has 1 aliphatic heterocycles. The summed E-state index contributed by atoms with van der Waals surface area (Å²) in [5, 5.41) is 1.07. The Hall–Kier alpha value is -4.69. The van der Waals surface area contributed by atoms with Gasteiger partial charge < -0.3 is 14.0 Å². The molecule has 43 heavy (non-hydrogen) atoms. The average molecular weight is 592 g/mol. The number of hydrogen-bond acceptors (Lipinski definition) is 6. The van der Waals surface area contributed by atoms with Crippen LogP contribution in [0.2, 0.25) is 0 Å². The van der Waals surface area contributed by atoms with Crippen LogP contribution in [-0.2, 0) is 16.1 Å². The molecular formula is C35H33N3O4S. The van der Waals surface area contributed by atoms with Crippen LogP contribution in [0.15, 0.2) is 99.9 Å². The molecule has 0 radical (unpaired) electrons. The van der Waals surface area contributed by atoms with Gasteiger partial charge in [-0.05, 0) is 51.5 Å². The topological polar surface area (TPSA) is 74.8 Å². The van der Waals surface area contributed by atoms with Crippen molar-refractivity contribution >= 4 is 34.3 Å². The number of esters is 1. The van der Waals surface area contributed by atoms with Gasteiger partial charge in [0.15, 0.2) is 4.80 Å². The summed E-state index contributed by atoms with van der Waals surface area (Å²) in [6.07, 6.45) is 1.97. The molecule has 0 unspecified atom stereocenters. The van der Waals surface area contributed by atoms with Gasteiger partial charge in [0, 0.05) is 34.3 Å². The van der Waals surface area contributed by atoms with Gasteiger partial charge in [-0.1, -0.05) is 78.1 Å². The van der Waals surface area contributed by atoms with Crippen LogP contribution in [0.1, 0.15) is 49.2 Å². The summed E-state index contributed by atoms with van der Waals surface area (Å²) in [5.74, 6) is 0.120. The number of benzene rings is 3. The fourth-order valence-corrected chi connectivity index (χ4v) is 6.85. The SMILES string of the molecule is CCOC(=O)C1=C(C)N=c2s/c(=C\c3c(C)n(Cc4ccccc4)c4ccccc34)c(=O)n2[C@@H]1c1ccccc1OCC. The highest BCUT2D eigenvalue weighted by Crippen LogP contribution is 2.36. The largest absolute Gasteiger partial charge is 0.494 e. The third kappa shape index (κ3) is 5.12. The van der Waals surface area contributed by atoms with E-state index in [1.807, 2.05) is 67.6 Å². The molecule has 0 bridgehead atoms. The van der Waals surface area contributed by atoms with Crippen LogP contribution in [-0.4, -0.2) is 28.3 Å². The van der Waals surface area contributed by atoms with Crippen molar-refractivity contribution in [2.24, 2.45) is 4.99 Å². The molecule has 5 aromatic rings. The number of para-hydroxylation sites is 2. The molecule has 3 heterocycles. The van der Waals surface area contributed by atoms with E-state index in [4.69, 9.17) is 14.5 Å². The van der Waals surface area contributed by atoms with E-state index in [2.05, 4.69) is 35.8 Å². The standard InChI is InChI=1S/C35H33N3O4S/c1-5-41-29-19-13-11-17-26(29)32-31(34(40)42-6-2)22(3)36-35-38(32)33(39)30(43-35)20-27-23(4)37(21-24-14-8-7-9-15-24)28-18-12-10-16-25(27)28/h7-20,32H,5-6,21H2,1-4H3/b30-20-/t32-/m1/s1. The van der Waals surface area contributed by atoms with Gasteiger partial charge in [0.25, 0.3) is 5.56 Å². The number of thiazole rings is 1. The third-order valence-corrected chi connectivity index (χ3v) is 8.75. The van der Waals surface area contributed by atoms with Crippen molar-refractivity contribution in [1.29, 1.82) is 0 Å². The molecule has 0 N–H and O–H groups in total. The van der Waals surface area contributed by atoms with E-state index in [9.17, 15) is 9.59 Å². The maximum absolute atomic E-state index is 14.3. The number of carbonyl (C=O) groups is 1. The van der Waals surface area contributed by atoms with Crippen LogP contribution in [0.3, 0.4) is 0 Å². The van der Waals surface area contributed by atoms with Gasteiger partial charge in [0.1, 0.15) is 11.8 Å². The van der Waals surface area contributed by atoms with E-state index >= 15 is 0 Å². The molecule has 1 atom stereocenters. The number of aromatic nitrogens is 2. The Bertz CT molecular complexity index is 2050. The number of ether oxygens (including phenoxy) is 2. The highest BCUT2D eigenvalue weighted by molar-refractivity contribution is 7.07. The van der Waals surface area contributed by atoms with Crippen molar-refractivity contribution in [3.8, 4) is 5.75 Å². The average Bonchev–Trinajstić information content (AvgIpc) is 3.46. The smallest absolute Gasteiger partial charge is 0.338 e. The lowest BCUT2D eigenvalue weighted by atomic mass is 9.95. The molecule has 1 aliphatic rings. The third-order valence-electron chi connectivity index (χ3n) is 7.77. The normalized spacial score (nSPS) is 15.0. The Morgan fingerprint density at radius 1 is 0.953 bits per heavy atom. The molecule has 218 valence electrons. The summed E-state index contributed by atoms with van der Waals surface area (Å²) in [7, 11) is 0. The Morgan fingerprint density at radius 2 is 1.67 bits per heavy atom. The van der Waals surface area contributed by atoms with Gasteiger partial charge in [-0.25, -0.2) is 9.79 Å². The van der Waals surface area contributed by atoms with Crippen LogP contribution in [0.5, 0.6) is 5.75 Å². The molecule has 3 aromatic carbocycles. The van der Waals surface area contributed by atoms with Crippen molar-refractivity contribution in [2.75, 3.05) is 13.2 Å². The quantitative estimate of drug-likeness (QED) is 0.223. The second-order valence-corrected chi connectivity index (χ2v) is 11.4. The fraction of sp³-hybridized carbons (Fsp3) is 0.229. The monoisotopic (exact) mass is 591 g/mol. The minimum atomic E-state index is -0.735. The molecule has 8 heteroatoms. The van der Waals surface area contributed by atoms with Crippen molar-refractivity contribution in [3.63, 3.8) is 0 Å². The van der Waals surface area contributed by atoms with Gasteiger partial charge in [0.2, 0.25) is 0 Å². The summed E-state index contributed by atoms with van der Waals surface area (Å²) in [5.41, 5.74) is 5.72. The second-order valence-electron chi connectivity index (χ2n) is 10.4. The zero-order chi connectivity index (χ0) is 30.1. The number of rotatable bonds is 8. The fourth-order valence-electron chi connectivity index (χ4n) is 5.82. The highest BCUT2D eigenvalue weighted by atomic mass is 32.1. The number of allylic oxidation sites excluding steroid dienone is 1. The van der Waals surface area contributed by atoms with E-state index in [1.165, 1.54) is 16.9 Å². The van der Waals surface area contributed by atoms with Crippen LogP contribution < -0.4 is 19.6 Å². The lowest BCUT2D eigenvalue weighted by molar-refractivity contribution is -0.139. The highest BCUT2D eigenvalue weighted by Gasteiger charge is 2.35. The van der Waals surface area contributed by atoms with Gasteiger partial charge >= 0.3 is 5.97 Å². The van der Waals surface area contributed by atoms with Gasteiger partial charge in [-0.3, -0.25) is 9.36 Å². The first kappa shape index (κ1) is 28.4. The predicted octanol–water partition coefficient (Wildman–Crippen LogP) is 5.51. The minimum absolute atomic E-state index is 0.214. The first-order chi connectivity index (χ1) is 20.9. The summed E-state index contributed by atoms with van der Waals surface area (Å²) >= 11 is 1.33. The lowest BCUT2D eigenvalue weighted by Crippen LogP contribution is -2.40. The number of carbonyl (C=O) groups excluding carboxylic acids is 1. The van der Waals surface area contributed by atoms with Crippen molar-refractivity contribution in [1.82, 2.24) is 9.13 Å². The molecule has 0 fully saturated rings. The Morgan fingerprint density at radius 3 is 2.44 bits per heavy atom. The zero-order valence-corrected chi connectivity index (χ0v) is 25.5. The van der Waals surface area contributed by atoms with Gasteiger partial charge in [0.05, 0.1) is 29.0 Å². The van der Waals surface area contributed by atoms with E-state index in [1.54, 1.807) is 18.4 Å². The molecule has 0 saturated heterocycles. The number of fused-ring (bicyclic) bond motifs is 2. The molecule has 0 amide bonds. The summed E-state index contributed by atoms with van der Waals surface area (Å²) < 4.78 is 15.9. The molecule has 0 saturated carbocycles. The molecule has 0 spiro atoms. The van der Waals surface area contributed by atoms with Gasteiger partial charge in [-0.15, -0.1) is 0 Å². The van der Waals surface area contributed by atoms with Crippen LogP contribution >= 0.6 is 11.3 Å². The van der Waals surface area contributed by atoms with Crippen LogP contribution in [0.25, 0.3) is 17.0 Å². The molecule has 7 nitrogen and oxygen atoms in total. The number of nitrogens with zero attached hydrogens (tertiary/aromatic N) is 3. The second kappa shape index (κ2) is 11.9. The van der Waals surface area contributed by atoms with E-state index < -0.39 is 12.0 Å². The van der Waals surface area contributed by atoms with Crippen LogP contribution in [0.4, 0.5) is 0 Å². The zero-order valence-electron chi connectivity index (χ0n) is 24.7. The first-order valence-electron chi connectivity index (χ1n) is 14.5. The van der Waals surface area contributed by atoms with Crippen molar-refractivity contribution < 1.29 is 14.3 Å². The first-order valence-corrected chi connectivity index (χ1v) is 15.3. The van der Waals surface area contributed by atoms with Crippen molar-refractivity contribution in [3.05, 3.63) is 132 Å². The Kier molecular flexibility index (Phi) is 7.86. The van der Waals surface area contributed by atoms with Crippen molar-refractivity contribution in [2.45, 2.75) is 40.3 Å².